The fraction of sp³-hybridized carbons (Fsp3) is 0.531. The monoisotopic (exact) mass is 616 g/mol. The molecule has 0 unspecified atom stereocenters. The molecule has 2 aromatic rings. The van der Waals surface area contributed by atoms with E-state index in [2.05, 4.69) is 9.62 Å². The van der Waals surface area contributed by atoms with Gasteiger partial charge in [-0.3, -0.25) is 4.79 Å². The minimum Gasteiger partial charge on any atom is -0.487 e. The van der Waals surface area contributed by atoms with Crippen LogP contribution in [0.25, 0.3) is 0 Å². The van der Waals surface area contributed by atoms with Crippen molar-refractivity contribution in [3.05, 3.63) is 70.3 Å². The summed E-state index contributed by atoms with van der Waals surface area (Å²) in [5.41, 5.74) is 1.73. The van der Waals surface area contributed by atoms with Gasteiger partial charge in [0.2, 0.25) is 10.0 Å². The number of fused-ring (bicyclic) bond motifs is 3. The summed E-state index contributed by atoms with van der Waals surface area (Å²) in [6, 6.07) is 10.9. The third-order valence-corrected chi connectivity index (χ3v) is 11.6. The predicted molar refractivity (Wildman–Crippen MR) is 164 cm³/mol. The lowest BCUT2D eigenvalue weighted by molar-refractivity contribution is -0.0768. The van der Waals surface area contributed by atoms with E-state index in [-0.39, 0.29) is 23.3 Å². The number of aryl methyl sites for hydroxylation is 1. The highest BCUT2D eigenvalue weighted by Gasteiger charge is 2.45. The largest absolute Gasteiger partial charge is 0.487 e. The van der Waals surface area contributed by atoms with E-state index in [4.69, 9.17) is 16.3 Å². The molecule has 0 aromatic heterocycles. The van der Waals surface area contributed by atoms with Crippen molar-refractivity contribution in [3.8, 4) is 5.75 Å². The van der Waals surface area contributed by atoms with Crippen LogP contribution in [-0.4, -0.2) is 55.1 Å². The third-order valence-electron chi connectivity index (χ3n) is 9.45. The van der Waals surface area contributed by atoms with Crippen molar-refractivity contribution in [3.63, 3.8) is 0 Å². The van der Waals surface area contributed by atoms with E-state index >= 15 is 0 Å². The Morgan fingerprint density at radius 1 is 1.12 bits per heavy atom. The van der Waals surface area contributed by atoms with Crippen molar-refractivity contribution < 1.29 is 28.2 Å². The van der Waals surface area contributed by atoms with Crippen LogP contribution < -0.4 is 14.4 Å². The smallest absolute Gasteiger partial charge is 0.264 e. The number of hydrogen-bond donors (Lipinski definition) is 3. The Morgan fingerprint density at radius 2 is 1.93 bits per heavy atom. The van der Waals surface area contributed by atoms with Gasteiger partial charge in [0.05, 0.1) is 17.5 Å². The highest BCUT2D eigenvalue weighted by Crippen LogP contribution is 2.44. The fourth-order valence-corrected chi connectivity index (χ4v) is 7.85. The first-order valence-corrected chi connectivity index (χ1v) is 16.8. The first-order chi connectivity index (χ1) is 20.0. The molecule has 2 aromatic carbocycles. The van der Waals surface area contributed by atoms with Gasteiger partial charge in [0.1, 0.15) is 18.0 Å². The number of carbonyl (C=O) groups excluding carboxylic acids is 1. The van der Waals surface area contributed by atoms with Gasteiger partial charge in [0, 0.05) is 23.7 Å². The molecule has 5 atom stereocenters. The maximum Gasteiger partial charge on any atom is 0.264 e. The number of rotatable bonds is 1. The fourth-order valence-electron chi connectivity index (χ4n) is 6.37. The van der Waals surface area contributed by atoms with Gasteiger partial charge in [-0.05, 0) is 105 Å². The van der Waals surface area contributed by atoms with Crippen LogP contribution in [0.5, 0.6) is 5.75 Å². The number of amides is 1. The first kappa shape index (κ1) is 30.9. The van der Waals surface area contributed by atoms with Crippen molar-refractivity contribution in [2.45, 2.75) is 69.8 Å². The SMILES string of the molecule is C[C@@H]1[C@@H](C)C/C=C/[C@@](O)(CO)[C@@H]2CC[C@H]2CN2CCCCc3cc(Cl)ccc3COc3ccc(cc32)C(=O)NS1(=O)=O. The molecule has 1 amide bonds. The lowest BCUT2D eigenvalue weighted by Crippen LogP contribution is -2.52. The molecule has 0 radical (unpaired) electrons. The Kier molecular flexibility index (Phi) is 9.23. The molecule has 10 heteroatoms. The standard InChI is InChI=1S/C32H41ClN2O6S/c1-21-6-5-14-32(38,20-36)28-12-9-25(28)18-35-15-4-3-7-23-16-27(33)11-8-26(23)19-41-30-13-10-24(17-29(30)35)31(37)34-42(39,40)22(21)2/h5,8,10-11,13-14,16-17,21-22,25,28,36,38H,3-4,6-7,9,12,15,18-20H2,1-2H3,(H,34,37)/b14-5+/t21-,22+,25-,28+,32+/m0/s1. The number of nitrogens with zero attached hydrogens (tertiary/aromatic N) is 1. The normalized spacial score (nSPS) is 30.8. The Balaban J connectivity index is 1.57. The average molecular weight is 617 g/mol. The summed E-state index contributed by atoms with van der Waals surface area (Å²) in [6.45, 7) is 4.58. The molecule has 3 N–H and O–H groups in total. The number of anilines is 1. The lowest BCUT2D eigenvalue weighted by atomic mass is 9.64. The number of allylic oxidation sites excluding steroid dienone is 1. The van der Waals surface area contributed by atoms with E-state index in [1.54, 1.807) is 44.2 Å². The van der Waals surface area contributed by atoms with Crippen LogP contribution in [-0.2, 0) is 23.1 Å². The van der Waals surface area contributed by atoms with Gasteiger partial charge in [0.15, 0.2) is 0 Å². The molecule has 228 valence electrons. The van der Waals surface area contributed by atoms with Gasteiger partial charge < -0.3 is 19.8 Å². The molecule has 0 saturated heterocycles. The molecular formula is C32H41ClN2O6S. The number of aliphatic hydroxyl groups is 2. The van der Waals surface area contributed by atoms with Crippen molar-refractivity contribution in [1.82, 2.24) is 4.72 Å². The Labute approximate surface area is 253 Å². The number of hydrogen-bond acceptors (Lipinski definition) is 7. The van der Waals surface area contributed by atoms with Gasteiger partial charge in [0.25, 0.3) is 5.91 Å². The summed E-state index contributed by atoms with van der Waals surface area (Å²) < 4.78 is 35.0. The molecule has 1 saturated carbocycles. The maximum atomic E-state index is 13.3. The number of ether oxygens (including phenoxy) is 1. The zero-order chi connectivity index (χ0) is 30.1. The number of nitrogens with one attached hydrogen (secondary N) is 1. The van der Waals surface area contributed by atoms with Crippen molar-refractivity contribution in [2.75, 3.05) is 24.6 Å². The molecule has 2 heterocycles. The van der Waals surface area contributed by atoms with E-state index in [0.717, 1.165) is 43.2 Å². The summed E-state index contributed by atoms with van der Waals surface area (Å²) >= 11 is 6.30. The van der Waals surface area contributed by atoms with Crippen LogP contribution in [0.1, 0.15) is 67.4 Å². The minimum absolute atomic E-state index is 0.114. The van der Waals surface area contributed by atoms with Crippen molar-refractivity contribution >= 4 is 33.2 Å². The van der Waals surface area contributed by atoms with Crippen LogP contribution in [0.3, 0.4) is 0 Å². The maximum absolute atomic E-state index is 13.3. The highest BCUT2D eigenvalue weighted by atomic mass is 35.5. The minimum atomic E-state index is -3.98. The summed E-state index contributed by atoms with van der Waals surface area (Å²) in [6.07, 6.45) is 8.12. The van der Waals surface area contributed by atoms with Gasteiger partial charge in [-0.15, -0.1) is 0 Å². The molecular weight excluding hydrogens is 576 g/mol. The molecule has 1 aliphatic carbocycles. The van der Waals surface area contributed by atoms with E-state index < -0.39 is 33.4 Å². The molecule has 42 heavy (non-hydrogen) atoms. The second kappa shape index (κ2) is 12.6. The molecule has 2 aliphatic heterocycles. The number of aliphatic hydroxyl groups excluding tert-OH is 1. The van der Waals surface area contributed by atoms with Gasteiger partial charge in [-0.25, -0.2) is 13.1 Å². The summed E-state index contributed by atoms with van der Waals surface area (Å²) in [5.74, 6) is -0.446. The second-order valence-electron chi connectivity index (χ2n) is 12.2. The van der Waals surface area contributed by atoms with Gasteiger partial charge in [-0.1, -0.05) is 36.7 Å². The Morgan fingerprint density at radius 3 is 2.67 bits per heavy atom. The van der Waals surface area contributed by atoms with Crippen LogP contribution in [0, 0.1) is 17.8 Å². The molecule has 1 fully saturated rings. The molecule has 2 bridgehead atoms. The van der Waals surface area contributed by atoms with E-state index in [0.29, 0.717) is 42.6 Å². The third kappa shape index (κ3) is 6.49. The zero-order valence-corrected chi connectivity index (χ0v) is 25.8. The van der Waals surface area contributed by atoms with Crippen LogP contribution in [0.4, 0.5) is 5.69 Å². The van der Waals surface area contributed by atoms with Crippen LogP contribution in [0.2, 0.25) is 5.02 Å². The van der Waals surface area contributed by atoms with E-state index in [1.165, 1.54) is 0 Å². The lowest BCUT2D eigenvalue weighted by Gasteiger charge is -2.47. The van der Waals surface area contributed by atoms with Crippen LogP contribution >= 0.6 is 11.6 Å². The van der Waals surface area contributed by atoms with E-state index in [9.17, 15) is 23.4 Å². The topological polar surface area (TPSA) is 116 Å². The number of benzene rings is 2. The molecule has 3 aliphatic rings. The van der Waals surface area contributed by atoms with Crippen molar-refractivity contribution in [1.29, 1.82) is 0 Å². The summed E-state index contributed by atoms with van der Waals surface area (Å²) in [7, 11) is -3.98. The summed E-state index contributed by atoms with van der Waals surface area (Å²) in [5, 5.41) is 21.6. The van der Waals surface area contributed by atoms with Gasteiger partial charge >= 0.3 is 0 Å². The number of carbonyl (C=O) groups is 1. The highest BCUT2D eigenvalue weighted by molar-refractivity contribution is 7.90. The zero-order valence-electron chi connectivity index (χ0n) is 24.3. The Bertz CT molecular complexity index is 1450. The van der Waals surface area contributed by atoms with E-state index in [1.807, 2.05) is 18.2 Å². The summed E-state index contributed by atoms with van der Waals surface area (Å²) in [4.78, 5) is 15.5. The number of halogens is 1. The Hall–Kier alpha value is -2.59. The van der Waals surface area contributed by atoms with Crippen LogP contribution in [0.15, 0.2) is 48.6 Å². The number of sulfonamides is 1. The molecule has 0 spiro atoms. The average Bonchev–Trinajstić information content (AvgIpc) is 2.97. The molecule has 8 nitrogen and oxygen atoms in total. The molecule has 5 rings (SSSR count). The predicted octanol–water partition coefficient (Wildman–Crippen LogP) is 4.86. The van der Waals surface area contributed by atoms with Crippen molar-refractivity contribution in [2.24, 2.45) is 17.8 Å². The first-order valence-electron chi connectivity index (χ1n) is 14.9. The second-order valence-corrected chi connectivity index (χ2v) is 14.7. The quantitative estimate of drug-likeness (QED) is 0.392. The van der Waals surface area contributed by atoms with Gasteiger partial charge in [-0.2, -0.15) is 0 Å².